The van der Waals surface area contributed by atoms with Gasteiger partial charge in [-0.05, 0) is 38.3 Å². The Balaban J connectivity index is 2.06. The van der Waals surface area contributed by atoms with E-state index in [2.05, 4.69) is 12.2 Å². The SMILES string of the molecule is Cc1cc([N+](=O)[O-])ccc1NC(C)C1CCCO1. The van der Waals surface area contributed by atoms with Gasteiger partial charge in [-0.15, -0.1) is 0 Å². The van der Waals surface area contributed by atoms with Crippen LogP contribution in [-0.2, 0) is 4.74 Å². The van der Waals surface area contributed by atoms with E-state index in [1.807, 2.05) is 6.92 Å². The molecule has 0 aromatic heterocycles. The summed E-state index contributed by atoms with van der Waals surface area (Å²) >= 11 is 0. The molecule has 1 aliphatic rings. The largest absolute Gasteiger partial charge is 0.380 e. The number of aryl methyl sites for hydroxylation is 1. The Labute approximate surface area is 106 Å². The van der Waals surface area contributed by atoms with Crippen molar-refractivity contribution in [1.82, 2.24) is 0 Å². The van der Waals surface area contributed by atoms with Gasteiger partial charge in [0.2, 0.25) is 0 Å². The smallest absolute Gasteiger partial charge is 0.269 e. The van der Waals surface area contributed by atoms with E-state index in [-0.39, 0.29) is 22.8 Å². The quantitative estimate of drug-likeness (QED) is 0.659. The van der Waals surface area contributed by atoms with E-state index in [1.165, 1.54) is 6.07 Å². The predicted octanol–water partition coefficient (Wildman–Crippen LogP) is 2.88. The molecule has 1 aromatic rings. The summed E-state index contributed by atoms with van der Waals surface area (Å²) in [5, 5.41) is 14.0. The molecule has 1 N–H and O–H groups in total. The molecule has 5 nitrogen and oxygen atoms in total. The van der Waals surface area contributed by atoms with E-state index in [9.17, 15) is 10.1 Å². The van der Waals surface area contributed by atoms with Crippen molar-refractivity contribution in [2.75, 3.05) is 11.9 Å². The van der Waals surface area contributed by atoms with Crippen LogP contribution < -0.4 is 5.32 Å². The van der Waals surface area contributed by atoms with E-state index in [0.29, 0.717) is 0 Å². The van der Waals surface area contributed by atoms with E-state index in [4.69, 9.17) is 4.74 Å². The van der Waals surface area contributed by atoms with Gasteiger partial charge in [0.15, 0.2) is 0 Å². The van der Waals surface area contributed by atoms with Crippen LogP contribution in [0.25, 0.3) is 0 Å². The lowest BCUT2D eigenvalue weighted by molar-refractivity contribution is -0.384. The molecule has 2 rings (SSSR count). The highest BCUT2D eigenvalue weighted by Gasteiger charge is 2.22. The molecule has 0 spiro atoms. The van der Waals surface area contributed by atoms with Gasteiger partial charge in [0.05, 0.1) is 11.0 Å². The summed E-state index contributed by atoms with van der Waals surface area (Å²) < 4.78 is 5.62. The molecule has 1 fully saturated rings. The number of nitro benzene ring substituents is 1. The molecule has 1 aromatic carbocycles. The second kappa shape index (κ2) is 5.35. The summed E-state index contributed by atoms with van der Waals surface area (Å²) in [5.41, 5.74) is 1.94. The zero-order chi connectivity index (χ0) is 13.1. The van der Waals surface area contributed by atoms with Crippen molar-refractivity contribution in [3.8, 4) is 0 Å². The maximum absolute atomic E-state index is 10.7. The zero-order valence-electron chi connectivity index (χ0n) is 10.7. The maximum Gasteiger partial charge on any atom is 0.269 e. The number of rotatable bonds is 4. The van der Waals surface area contributed by atoms with Crippen LogP contribution in [0.15, 0.2) is 18.2 Å². The first kappa shape index (κ1) is 12.8. The highest BCUT2D eigenvalue weighted by Crippen LogP contribution is 2.24. The monoisotopic (exact) mass is 250 g/mol. The van der Waals surface area contributed by atoms with Crippen molar-refractivity contribution in [1.29, 1.82) is 0 Å². The molecule has 98 valence electrons. The van der Waals surface area contributed by atoms with Crippen LogP contribution in [0.3, 0.4) is 0 Å². The Bertz CT molecular complexity index is 442. The molecule has 0 bridgehead atoms. The Morgan fingerprint density at radius 1 is 1.56 bits per heavy atom. The summed E-state index contributed by atoms with van der Waals surface area (Å²) in [5.74, 6) is 0. The summed E-state index contributed by atoms with van der Waals surface area (Å²) in [6.45, 7) is 4.78. The van der Waals surface area contributed by atoms with Crippen LogP contribution in [0.4, 0.5) is 11.4 Å². The fourth-order valence-electron chi connectivity index (χ4n) is 2.26. The molecule has 1 heterocycles. The molecule has 1 aliphatic heterocycles. The number of nitrogens with zero attached hydrogens (tertiary/aromatic N) is 1. The first-order valence-electron chi connectivity index (χ1n) is 6.21. The molecule has 2 atom stereocenters. The number of nitrogens with one attached hydrogen (secondary N) is 1. The normalized spacial score (nSPS) is 20.7. The highest BCUT2D eigenvalue weighted by atomic mass is 16.6. The van der Waals surface area contributed by atoms with E-state index < -0.39 is 0 Å². The minimum absolute atomic E-state index is 0.128. The fourth-order valence-corrected chi connectivity index (χ4v) is 2.26. The number of hydrogen-bond donors (Lipinski definition) is 1. The average molecular weight is 250 g/mol. The predicted molar refractivity (Wildman–Crippen MR) is 69.9 cm³/mol. The van der Waals surface area contributed by atoms with Gasteiger partial charge in [0.1, 0.15) is 0 Å². The van der Waals surface area contributed by atoms with Crippen LogP contribution in [0, 0.1) is 17.0 Å². The Kier molecular flexibility index (Phi) is 3.81. The Morgan fingerprint density at radius 3 is 2.89 bits per heavy atom. The van der Waals surface area contributed by atoms with Gasteiger partial charge in [-0.3, -0.25) is 10.1 Å². The Hall–Kier alpha value is -1.62. The third kappa shape index (κ3) is 2.79. The van der Waals surface area contributed by atoms with E-state index >= 15 is 0 Å². The first-order chi connectivity index (χ1) is 8.58. The van der Waals surface area contributed by atoms with Crippen molar-refractivity contribution >= 4 is 11.4 Å². The third-order valence-electron chi connectivity index (χ3n) is 3.33. The Morgan fingerprint density at radius 2 is 2.33 bits per heavy atom. The van der Waals surface area contributed by atoms with Crippen LogP contribution >= 0.6 is 0 Å². The average Bonchev–Trinajstić information content (AvgIpc) is 2.85. The van der Waals surface area contributed by atoms with E-state index in [0.717, 1.165) is 30.7 Å². The molecule has 0 aliphatic carbocycles. The number of nitro groups is 1. The van der Waals surface area contributed by atoms with Gasteiger partial charge in [0, 0.05) is 30.5 Å². The lowest BCUT2D eigenvalue weighted by Crippen LogP contribution is -2.30. The van der Waals surface area contributed by atoms with Crippen molar-refractivity contribution in [2.45, 2.75) is 38.8 Å². The van der Waals surface area contributed by atoms with Gasteiger partial charge in [-0.2, -0.15) is 0 Å². The van der Waals surface area contributed by atoms with Gasteiger partial charge in [0.25, 0.3) is 5.69 Å². The van der Waals surface area contributed by atoms with Crippen molar-refractivity contribution in [3.63, 3.8) is 0 Å². The van der Waals surface area contributed by atoms with Gasteiger partial charge < -0.3 is 10.1 Å². The van der Waals surface area contributed by atoms with Crippen LogP contribution in [0.5, 0.6) is 0 Å². The summed E-state index contributed by atoms with van der Waals surface area (Å²) in [6, 6.07) is 5.09. The van der Waals surface area contributed by atoms with Gasteiger partial charge in [-0.25, -0.2) is 0 Å². The number of anilines is 1. The fraction of sp³-hybridized carbons (Fsp3) is 0.538. The number of benzene rings is 1. The molecule has 5 heteroatoms. The number of ether oxygens (including phenoxy) is 1. The summed E-state index contributed by atoms with van der Waals surface area (Å²) in [7, 11) is 0. The molecule has 2 unspecified atom stereocenters. The lowest BCUT2D eigenvalue weighted by atomic mass is 10.1. The maximum atomic E-state index is 10.7. The molecule has 0 amide bonds. The number of hydrogen-bond acceptors (Lipinski definition) is 4. The molecule has 0 radical (unpaired) electrons. The second-order valence-corrected chi connectivity index (χ2v) is 4.74. The number of non-ortho nitro benzene ring substituents is 1. The lowest BCUT2D eigenvalue weighted by Gasteiger charge is -2.22. The second-order valence-electron chi connectivity index (χ2n) is 4.74. The standard InChI is InChI=1S/C13H18N2O3/c1-9-8-11(15(16)17)5-6-12(9)14-10(2)13-4-3-7-18-13/h5-6,8,10,13-14H,3-4,7H2,1-2H3. The topological polar surface area (TPSA) is 64.4 Å². The van der Waals surface area contributed by atoms with Crippen molar-refractivity contribution in [2.24, 2.45) is 0 Å². The minimum Gasteiger partial charge on any atom is -0.380 e. The van der Waals surface area contributed by atoms with Gasteiger partial charge in [-0.1, -0.05) is 0 Å². The van der Waals surface area contributed by atoms with Crippen LogP contribution in [0.2, 0.25) is 0 Å². The summed E-state index contributed by atoms with van der Waals surface area (Å²) in [4.78, 5) is 10.3. The third-order valence-corrected chi connectivity index (χ3v) is 3.33. The van der Waals surface area contributed by atoms with E-state index in [1.54, 1.807) is 12.1 Å². The molecule has 1 saturated heterocycles. The van der Waals surface area contributed by atoms with Crippen molar-refractivity contribution in [3.05, 3.63) is 33.9 Å². The molecular formula is C13H18N2O3. The first-order valence-corrected chi connectivity index (χ1v) is 6.21. The summed E-state index contributed by atoms with van der Waals surface area (Å²) in [6.07, 6.45) is 2.41. The van der Waals surface area contributed by atoms with Crippen LogP contribution in [-0.4, -0.2) is 23.7 Å². The van der Waals surface area contributed by atoms with Crippen molar-refractivity contribution < 1.29 is 9.66 Å². The molecular weight excluding hydrogens is 232 g/mol. The van der Waals surface area contributed by atoms with Crippen LogP contribution in [0.1, 0.15) is 25.3 Å². The minimum atomic E-state index is -0.375. The highest BCUT2D eigenvalue weighted by molar-refractivity contribution is 5.55. The zero-order valence-corrected chi connectivity index (χ0v) is 10.7. The molecule has 18 heavy (non-hydrogen) atoms. The molecule has 0 saturated carbocycles. The van der Waals surface area contributed by atoms with Gasteiger partial charge >= 0.3 is 0 Å².